The van der Waals surface area contributed by atoms with Crippen molar-refractivity contribution in [3.8, 4) is 5.75 Å². The van der Waals surface area contributed by atoms with Crippen molar-refractivity contribution in [1.82, 2.24) is 23.9 Å². The SMILES string of the molecule is CC1(C)CCN(S(C)(=O)=O)CC1.CCC(=O)COC.CCN1CCC(C)(C)CC1=O.CCOC(=O)N1CCC(C)(C)CC1.COC1CC2CN(C(C)=O)CC2CO1.COC1CCCCC1.COC1CCN(C(=O)CO)CC1.COC1CCOCC1.COc1cccc(C(C)OC)c1. The molecule has 8 fully saturated rings. The number of amides is 4. The van der Waals surface area contributed by atoms with E-state index in [1.807, 2.05) is 68.9 Å². The van der Waals surface area contributed by atoms with Gasteiger partial charge in [-0.15, -0.1) is 0 Å². The lowest BCUT2D eigenvalue weighted by Gasteiger charge is -2.36. The van der Waals surface area contributed by atoms with Gasteiger partial charge in [-0.25, -0.2) is 17.5 Å². The molecule has 0 spiro atoms. The van der Waals surface area contributed by atoms with E-state index in [4.69, 9.17) is 47.7 Å². The summed E-state index contributed by atoms with van der Waals surface area (Å²) in [7, 11) is 8.87. The largest absolute Gasteiger partial charge is 0.497 e. The van der Waals surface area contributed by atoms with Gasteiger partial charge in [-0.2, -0.15) is 0 Å². The van der Waals surface area contributed by atoms with E-state index in [0.29, 0.717) is 80.0 Å². The summed E-state index contributed by atoms with van der Waals surface area (Å²) in [4.78, 5) is 62.5. The molecule has 4 unspecified atom stereocenters. The van der Waals surface area contributed by atoms with Gasteiger partial charge < -0.3 is 72.1 Å². The van der Waals surface area contributed by atoms with E-state index < -0.39 is 10.0 Å². The van der Waals surface area contributed by atoms with Gasteiger partial charge in [0, 0.05) is 153 Å². The second-order valence-corrected chi connectivity index (χ2v) is 30.4. The Morgan fingerprint density at radius 1 is 0.670 bits per heavy atom. The van der Waals surface area contributed by atoms with Gasteiger partial charge in [0.15, 0.2) is 12.1 Å². The lowest BCUT2D eigenvalue weighted by molar-refractivity contribution is -0.169. The van der Waals surface area contributed by atoms with E-state index in [2.05, 4.69) is 46.3 Å². The Hall–Kier alpha value is -4.08. The molecule has 97 heavy (non-hydrogen) atoms. The molecule has 1 N–H and O–H groups in total. The first-order valence-electron chi connectivity index (χ1n) is 35.6. The summed E-state index contributed by atoms with van der Waals surface area (Å²) in [5.41, 5.74) is 2.09. The standard InChI is InChI=1S/C10H17NO3.C10H19NO2.C10H14O2.C9H17NO.C8H15NO3.C8H17NO2S.C7H14O.C6H12O2.C5H10O2/c1-7(12)11-4-8-3-10(13-2)14-6-9(8)5-11;1-4-13-9(12)11-7-5-10(2,3)6-8-11;1-8(11-2)9-5-4-6-10(7-9)12-3;1-4-10-6-5-9(2,3)7-8(10)11;1-12-7-2-4-9(5-3-7)8(11)6-10;1-8(2)4-6-9(7-5-8)12(3,10)11;1-8-7-5-3-2-4-6-7;1-7-6-2-4-8-5-3-6;1-3-5(6)4-7-2/h8-10H,3-6H2,1-2H3;4-8H2,1-3H3;4-8H,1-3H3;4-7H2,1-3H3;7,10H,2-6H2,1H3;4-7H2,1-3H3;7H,2-6H2,1H3;6H,2-5H2,1H3;3-4H2,1-2H3. The van der Waals surface area contributed by atoms with Crippen molar-refractivity contribution < 1.29 is 84.9 Å². The highest BCUT2D eigenvalue weighted by molar-refractivity contribution is 7.88. The Morgan fingerprint density at radius 3 is 1.64 bits per heavy atom. The van der Waals surface area contributed by atoms with E-state index in [-0.39, 0.29) is 60.8 Å². The quantitative estimate of drug-likeness (QED) is 0.182. The number of rotatable bonds is 14. The van der Waals surface area contributed by atoms with Gasteiger partial charge in [0.2, 0.25) is 27.7 Å². The molecule has 9 rings (SSSR count). The van der Waals surface area contributed by atoms with Crippen LogP contribution in [0.2, 0.25) is 0 Å². The zero-order valence-corrected chi connectivity index (χ0v) is 64.5. The molecule has 7 saturated heterocycles. The fraction of sp³-hybridized carbons (Fsp3) is 0.849. The van der Waals surface area contributed by atoms with Gasteiger partial charge in [0.25, 0.3) is 0 Å². The van der Waals surface area contributed by atoms with Crippen LogP contribution in [0.15, 0.2) is 24.3 Å². The minimum Gasteiger partial charge on any atom is -0.497 e. The molecular weight excluding hydrogens is 1270 g/mol. The maximum Gasteiger partial charge on any atom is 0.409 e. The molecule has 23 nitrogen and oxygen atoms in total. The summed E-state index contributed by atoms with van der Waals surface area (Å²) < 4.78 is 74.8. The first kappa shape index (κ1) is 90.9. The highest BCUT2D eigenvalue weighted by atomic mass is 32.2. The van der Waals surface area contributed by atoms with Crippen molar-refractivity contribution in [3.63, 3.8) is 0 Å². The molecule has 1 aromatic carbocycles. The fourth-order valence-electron chi connectivity index (χ4n) is 11.7. The number of piperidine rings is 4. The van der Waals surface area contributed by atoms with Crippen LogP contribution >= 0.6 is 0 Å². The highest BCUT2D eigenvalue weighted by Gasteiger charge is 2.39. The summed E-state index contributed by atoms with van der Waals surface area (Å²) in [6.07, 6.45) is 20.6. The number of ether oxygens (including phenoxy) is 10. The molecular formula is C73H135N5O18S. The number of ketones is 1. The smallest absolute Gasteiger partial charge is 0.409 e. The van der Waals surface area contributed by atoms with E-state index in [1.54, 1.807) is 56.6 Å². The van der Waals surface area contributed by atoms with E-state index in [9.17, 15) is 32.4 Å². The maximum absolute atomic E-state index is 11.4. The summed E-state index contributed by atoms with van der Waals surface area (Å²) in [6, 6.07) is 7.89. The number of sulfonamides is 1. The highest BCUT2D eigenvalue weighted by Crippen LogP contribution is 2.34. The number of carbonyl (C=O) groups is 5. The van der Waals surface area contributed by atoms with Crippen LogP contribution in [0.3, 0.4) is 0 Å². The Bertz CT molecular complexity index is 2380. The van der Waals surface area contributed by atoms with Gasteiger partial charge >= 0.3 is 6.09 Å². The number of likely N-dealkylation sites (tertiary alicyclic amines) is 4. The molecule has 0 bridgehead atoms. The lowest BCUT2D eigenvalue weighted by Crippen LogP contribution is -2.41. The number of methoxy groups -OCH3 is 7. The van der Waals surface area contributed by atoms with Crippen LogP contribution in [0.1, 0.15) is 197 Å². The first-order valence-corrected chi connectivity index (χ1v) is 37.5. The number of hydrogen-bond donors (Lipinski definition) is 1. The van der Waals surface area contributed by atoms with Crippen LogP contribution < -0.4 is 4.74 Å². The normalized spacial score (nSPS) is 22.6. The molecule has 4 atom stereocenters. The minimum atomic E-state index is -2.94. The van der Waals surface area contributed by atoms with Crippen molar-refractivity contribution in [2.75, 3.05) is 161 Å². The van der Waals surface area contributed by atoms with Crippen LogP contribution in [0.5, 0.6) is 5.75 Å². The molecule has 7 heterocycles. The number of carbonyl (C=O) groups excluding carboxylic acids is 5. The molecule has 1 aliphatic carbocycles. The van der Waals surface area contributed by atoms with Crippen LogP contribution in [0.4, 0.5) is 4.79 Å². The number of aliphatic hydroxyl groups excluding tert-OH is 1. The number of nitrogens with zero attached hydrogens (tertiary/aromatic N) is 5. The summed E-state index contributed by atoms with van der Waals surface area (Å²) >= 11 is 0. The molecule has 1 saturated carbocycles. The van der Waals surface area contributed by atoms with Crippen molar-refractivity contribution in [2.24, 2.45) is 28.1 Å². The third-order valence-corrected chi connectivity index (χ3v) is 20.5. The predicted molar refractivity (Wildman–Crippen MR) is 381 cm³/mol. The molecule has 7 aliphatic heterocycles. The molecule has 24 heteroatoms. The lowest BCUT2D eigenvalue weighted by atomic mass is 9.82. The van der Waals surface area contributed by atoms with E-state index in [0.717, 1.165) is 141 Å². The van der Waals surface area contributed by atoms with Crippen molar-refractivity contribution in [3.05, 3.63) is 29.8 Å². The van der Waals surface area contributed by atoms with Gasteiger partial charge in [-0.3, -0.25) is 19.2 Å². The monoisotopic (exact) mass is 1400 g/mol. The Kier molecular flexibility index (Phi) is 46.4. The predicted octanol–water partition coefficient (Wildman–Crippen LogP) is 10.9. The minimum absolute atomic E-state index is 0.0665. The topological polar surface area (TPSA) is 248 Å². The molecule has 4 amide bonds. The summed E-state index contributed by atoms with van der Waals surface area (Å²) in [6.45, 7) is 33.4. The van der Waals surface area contributed by atoms with Crippen LogP contribution in [0.25, 0.3) is 0 Å². The average molecular weight is 1400 g/mol. The summed E-state index contributed by atoms with van der Waals surface area (Å²) in [5.74, 6) is 2.43. The number of hydrogen-bond acceptors (Lipinski definition) is 18. The van der Waals surface area contributed by atoms with E-state index in [1.165, 1.54) is 45.5 Å². The number of fused-ring (bicyclic) bond motifs is 1. The van der Waals surface area contributed by atoms with Crippen molar-refractivity contribution in [2.45, 2.75) is 216 Å². The van der Waals surface area contributed by atoms with Crippen LogP contribution in [0, 0.1) is 28.1 Å². The molecule has 566 valence electrons. The fourth-order valence-corrected chi connectivity index (χ4v) is 12.6. The third kappa shape index (κ3) is 39.1. The van der Waals surface area contributed by atoms with Crippen molar-refractivity contribution in [1.29, 1.82) is 0 Å². The molecule has 8 aliphatic rings. The zero-order valence-electron chi connectivity index (χ0n) is 63.7. The van der Waals surface area contributed by atoms with Crippen molar-refractivity contribution >= 4 is 39.6 Å². The second-order valence-electron chi connectivity index (χ2n) is 28.4. The van der Waals surface area contributed by atoms with Gasteiger partial charge in [-0.1, -0.05) is 79.9 Å². The van der Waals surface area contributed by atoms with E-state index >= 15 is 0 Å². The van der Waals surface area contributed by atoms with Gasteiger partial charge in [0.1, 0.15) is 19.0 Å². The van der Waals surface area contributed by atoms with Gasteiger partial charge in [0.05, 0.1) is 51.0 Å². The Balaban J connectivity index is 0.000000550. The van der Waals surface area contributed by atoms with Crippen LogP contribution in [-0.4, -0.2) is 253 Å². The van der Waals surface area contributed by atoms with Crippen LogP contribution in [-0.2, 0) is 71.8 Å². The molecule has 0 radical (unpaired) electrons. The number of aliphatic hydroxyl groups is 1. The van der Waals surface area contributed by atoms with Gasteiger partial charge in [-0.05, 0) is 131 Å². The first-order chi connectivity index (χ1) is 45.8. The number of Topliss-reactive ketones (excluding diaryl/α,β-unsaturated/α-hetero) is 1. The molecule has 1 aromatic rings. The molecule has 0 aromatic heterocycles. The maximum atomic E-state index is 11.4. The average Bonchev–Trinajstić information content (AvgIpc) is 1.60. The number of benzene rings is 1. The Labute approximate surface area is 586 Å². The zero-order chi connectivity index (χ0) is 73.2. The third-order valence-electron chi connectivity index (χ3n) is 19.2. The summed E-state index contributed by atoms with van der Waals surface area (Å²) in [5, 5.41) is 8.59. The second kappa shape index (κ2) is 49.5. The Morgan fingerprint density at radius 2 is 1.21 bits per heavy atom.